The summed E-state index contributed by atoms with van der Waals surface area (Å²) in [6, 6.07) is 7.40. The zero-order valence-corrected chi connectivity index (χ0v) is 7.55. The molecule has 0 saturated carbocycles. The number of carbonyl (C=O) groups is 1. The van der Waals surface area contributed by atoms with Crippen LogP contribution in [-0.2, 0) is 0 Å². The van der Waals surface area contributed by atoms with Crippen molar-refractivity contribution in [1.29, 1.82) is 0 Å². The van der Waals surface area contributed by atoms with Crippen molar-refractivity contribution in [3.8, 4) is 0 Å². The zero-order valence-electron chi connectivity index (χ0n) is 7.55. The first kappa shape index (κ1) is 8.56. The van der Waals surface area contributed by atoms with E-state index in [4.69, 9.17) is 5.73 Å². The molecule has 0 fully saturated rings. The van der Waals surface area contributed by atoms with Crippen molar-refractivity contribution in [1.82, 2.24) is 4.90 Å². The fourth-order valence-electron chi connectivity index (χ4n) is 1.33. The van der Waals surface area contributed by atoms with Gasteiger partial charge in [0.05, 0.1) is 0 Å². The van der Waals surface area contributed by atoms with Crippen molar-refractivity contribution in [2.45, 2.75) is 0 Å². The van der Waals surface area contributed by atoms with Gasteiger partial charge < -0.3 is 5.73 Å². The molecule has 2 amide bonds. The maximum absolute atomic E-state index is 10.9. The minimum absolute atomic E-state index is 0.481. The highest BCUT2D eigenvalue weighted by atomic mass is 16.2. The lowest BCUT2D eigenvalue weighted by molar-refractivity contribution is 0.235. The summed E-state index contributed by atoms with van der Waals surface area (Å²) < 4.78 is 0. The Labute approximate surface area is 82.1 Å². The topological polar surface area (TPSA) is 46.3 Å². The minimum atomic E-state index is -0.481. The second-order valence-corrected chi connectivity index (χ2v) is 3.01. The Balaban J connectivity index is 2.42. The molecule has 1 aliphatic rings. The number of amides is 2. The average molecular weight is 186 g/mol. The van der Waals surface area contributed by atoms with Crippen LogP contribution >= 0.6 is 0 Å². The van der Waals surface area contributed by atoms with Crippen molar-refractivity contribution in [2.24, 2.45) is 5.73 Å². The van der Waals surface area contributed by atoms with E-state index in [0.717, 1.165) is 11.1 Å². The molecule has 0 unspecified atom stereocenters. The number of hydrogen-bond acceptors (Lipinski definition) is 1. The van der Waals surface area contributed by atoms with Gasteiger partial charge in [0, 0.05) is 12.4 Å². The van der Waals surface area contributed by atoms with Crippen LogP contribution in [-0.4, -0.2) is 10.9 Å². The van der Waals surface area contributed by atoms with E-state index in [0.29, 0.717) is 0 Å². The third-order valence-corrected chi connectivity index (χ3v) is 2.08. The number of nitrogens with zero attached hydrogens (tertiary/aromatic N) is 1. The van der Waals surface area contributed by atoms with E-state index in [2.05, 4.69) is 0 Å². The Morgan fingerprint density at radius 3 is 2.00 bits per heavy atom. The van der Waals surface area contributed by atoms with Crippen LogP contribution in [0.3, 0.4) is 0 Å². The van der Waals surface area contributed by atoms with Gasteiger partial charge in [0.25, 0.3) is 0 Å². The van der Waals surface area contributed by atoms with Crippen molar-refractivity contribution < 1.29 is 4.79 Å². The number of nitrogens with two attached hydrogens (primary N) is 1. The van der Waals surface area contributed by atoms with Crippen LogP contribution in [0.1, 0.15) is 11.1 Å². The van der Waals surface area contributed by atoms with Gasteiger partial charge in [0.15, 0.2) is 0 Å². The summed E-state index contributed by atoms with van der Waals surface area (Å²) in [6.45, 7) is 0. The standard InChI is InChI=1S/C11H10N2O/c12-11(14)13-7-5-9-3-1-2-4-10(9)6-8-13/h1-8H,(H2,12,14). The lowest BCUT2D eigenvalue weighted by Crippen LogP contribution is -2.25. The van der Waals surface area contributed by atoms with Gasteiger partial charge in [0.1, 0.15) is 0 Å². The summed E-state index contributed by atoms with van der Waals surface area (Å²) in [6.07, 6.45) is 7.04. The molecule has 0 saturated heterocycles. The maximum Gasteiger partial charge on any atom is 0.322 e. The maximum atomic E-state index is 10.9. The highest BCUT2D eigenvalue weighted by Gasteiger charge is 2.05. The van der Waals surface area contributed by atoms with Crippen molar-refractivity contribution in [2.75, 3.05) is 0 Å². The molecule has 3 heteroatoms. The molecule has 2 rings (SSSR count). The predicted molar refractivity (Wildman–Crippen MR) is 55.9 cm³/mol. The van der Waals surface area contributed by atoms with E-state index in [-0.39, 0.29) is 0 Å². The summed E-state index contributed by atoms with van der Waals surface area (Å²) in [7, 11) is 0. The number of benzene rings is 1. The van der Waals surface area contributed by atoms with E-state index in [1.54, 1.807) is 12.4 Å². The second-order valence-electron chi connectivity index (χ2n) is 3.01. The Morgan fingerprint density at radius 1 is 1.07 bits per heavy atom. The lowest BCUT2D eigenvalue weighted by atomic mass is 10.1. The Kier molecular flexibility index (Phi) is 2.07. The molecule has 1 aromatic carbocycles. The van der Waals surface area contributed by atoms with Crippen LogP contribution in [0.2, 0.25) is 0 Å². The van der Waals surface area contributed by atoms with Crippen LogP contribution in [0, 0.1) is 0 Å². The third-order valence-electron chi connectivity index (χ3n) is 2.08. The highest BCUT2D eigenvalue weighted by Crippen LogP contribution is 2.16. The highest BCUT2D eigenvalue weighted by molar-refractivity contribution is 5.79. The quantitative estimate of drug-likeness (QED) is 0.662. The van der Waals surface area contributed by atoms with Crippen LogP contribution in [0.15, 0.2) is 36.7 Å². The SMILES string of the molecule is NC(=O)N1C=Cc2ccccc2C=C1. The van der Waals surface area contributed by atoms with Gasteiger partial charge in [-0.3, -0.25) is 4.90 Å². The molecular weight excluding hydrogens is 176 g/mol. The minimum Gasteiger partial charge on any atom is -0.351 e. The lowest BCUT2D eigenvalue weighted by Gasteiger charge is -2.06. The van der Waals surface area contributed by atoms with Gasteiger partial charge in [-0.1, -0.05) is 24.3 Å². The van der Waals surface area contributed by atoms with Gasteiger partial charge in [-0.15, -0.1) is 0 Å². The number of carbonyl (C=O) groups excluding carboxylic acids is 1. The number of fused-ring (bicyclic) bond motifs is 1. The molecule has 0 radical (unpaired) electrons. The number of rotatable bonds is 0. The van der Waals surface area contributed by atoms with Gasteiger partial charge >= 0.3 is 6.03 Å². The monoisotopic (exact) mass is 186 g/mol. The molecular formula is C11H10N2O. The van der Waals surface area contributed by atoms with E-state index < -0.39 is 6.03 Å². The van der Waals surface area contributed by atoms with Crippen LogP contribution in [0.4, 0.5) is 4.79 Å². The molecule has 0 aliphatic carbocycles. The number of hydrogen-bond donors (Lipinski definition) is 1. The summed E-state index contributed by atoms with van der Waals surface area (Å²) >= 11 is 0. The Hall–Kier alpha value is -2.03. The summed E-state index contributed by atoms with van der Waals surface area (Å²) in [5.41, 5.74) is 7.31. The molecule has 0 spiro atoms. The van der Waals surface area contributed by atoms with Crippen LogP contribution in [0.25, 0.3) is 12.2 Å². The first-order chi connectivity index (χ1) is 6.77. The summed E-state index contributed by atoms with van der Waals surface area (Å²) in [5.74, 6) is 0. The molecule has 1 aliphatic heterocycles. The van der Waals surface area contributed by atoms with E-state index in [1.165, 1.54) is 4.90 Å². The van der Waals surface area contributed by atoms with Crippen molar-refractivity contribution in [3.05, 3.63) is 47.8 Å². The largest absolute Gasteiger partial charge is 0.351 e. The molecule has 0 atom stereocenters. The van der Waals surface area contributed by atoms with Gasteiger partial charge in [-0.2, -0.15) is 0 Å². The first-order valence-corrected chi connectivity index (χ1v) is 4.30. The number of primary amides is 1. The normalized spacial score (nSPS) is 13.6. The molecule has 3 nitrogen and oxygen atoms in total. The molecule has 1 heterocycles. The molecule has 0 bridgehead atoms. The summed E-state index contributed by atoms with van der Waals surface area (Å²) in [4.78, 5) is 12.3. The average Bonchev–Trinajstić information content (AvgIpc) is 2.39. The first-order valence-electron chi connectivity index (χ1n) is 4.30. The molecule has 14 heavy (non-hydrogen) atoms. The fourth-order valence-corrected chi connectivity index (χ4v) is 1.33. The molecule has 2 N–H and O–H groups in total. The Bertz CT molecular complexity index is 388. The second kappa shape index (κ2) is 3.38. The van der Waals surface area contributed by atoms with Crippen LogP contribution < -0.4 is 5.73 Å². The molecule has 1 aromatic rings. The third kappa shape index (κ3) is 1.52. The van der Waals surface area contributed by atoms with Gasteiger partial charge in [0.2, 0.25) is 0 Å². The number of urea groups is 1. The molecule has 0 aromatic heterocycles. The van der Waals surface area contributed by atoms with E-state index in [9.17, 15) is 4.79 Å². The summed E-state index contributed by atoms with van der Waals surface area (Å²) in [5, 5.41) is 0. The van der Waals surface area contributed by atoms with E-state index in [1.807, 2.05) is 36.4 Å². The van der Waals surface area contributed by atoms with Crippen molar-refractivity contribution in [3.63, 3.8) is 0 Å². The smallest absolute Gasteiger partial charge is 0.322 e. The van der Waals surface area contributed by atoms with E-state index >= 15 is 0 Å². The van der Waals surface area contributed by atoms with Crippen molar-refractivity contribution >= 4 is 18.2 Å². The molecule has 70 valence electrons. The van der Waals surface area contributed by atoms with Gasteiger partial charge in [-0.05, 0) is 23.3 Å². The Morgan fingerprint density at radius 2 is 1.57 bits per heavy atom. The predicted octanol–water partition coefficient (Wildman–Crippen LogP) is 2.02. The van der Waals surface area contributed by atoms with Gasteiger partial charge in [-0.25, -0.2) is 4.79 Å². The fraction of sp³-hybridized carbons (Fsp3) is 0. The van der Waals surface area contributed by atoms with Crippen LogP contribution in [0.5, 0.6) is 0 Å². The zero-order chi connectivity index (χ0) is 9.97.